The zero-order valence-electron chi connectivity index (χ0n) is 20.2. The second-order valence-corrected chi connectivity index (χ2v) is 9.70. The van der Waals surface area contributed by atoms with E-state index < -0.39 is 11.9 Å². The summed E-state index contributed by atoms with van der Waals surface area (Å²) >= 11 is 3.41. The van der Waals surface area contributed by atoms with Crippen molar-refractivity contribution in [1.82, 2.24) is 5.32 Å². The van der Waals surface area contributed by atoms with Gasteiger partial charge in [-0.3, -0.25) is 4.79 Å². The van der Waals surface area contributed by atoms with E-state index in [0.29, 0.717) is 65.1 Å². The van der Waals surface area contributed by atoms with Crippen molar-refractivity contribution in [3.8, 4) is 11.5 Å². The summed E-state index contributed by atoms with van der Waals surface area (Å²) in [5, 5.41) is 13.8. The Kier molecular flexibility index (Phi) is 7.65. The van der Waals surface area contributed by atoms with Crippen LogP contribution in [0.1, 0.15) is 63.0 Å². The third-order valence-corrected chi connectivity index (χ3v) is 7.04. The number of carbonyl (C=O) groups is 2. The number of dihydropyridines is 1. The van der Waals surface area contributed by atoms with Gasteiger partial charge in [0.25, 0.3) is 0 Å². The van der Waals surface area contributed by atoms with Crippen molar-refractivity contribution in [2.24, 2.45) is 0 Å². The number of halogens is 1. The Bertz CT molecular complexity index is 1200. The zero-order valence-corrected chi connectivity index (χ0v) is 21.8. The van der Waals surface area contributed by atoms with Crippen LogP contribution < -0.4 is 10.1 Å². The van der Waals surface area contributed by atoms with Crippen LogP contribution in [-0.4, -0.2) is 30.1 Å². The SMILES string of the molecule is CCCOC(=O)C1=C(C)NC2=C(C(=O)C[C@@H](c3ccccc3)C2)[C@@H]1c1cc(Br)c(O)c(OCC)c1. The van der Waals surface area contributed by atoms with Crippen molar-refractivity contribution >= 4 is 27.7 Å². The number of phenols is 1. The average molecular weight is 540 g/mol. The third kappa shape index (κ3) is 5.01. The fourth-order valence-electron chi connectivity index (χ4n) is 4.90. The van der Waals surface area contributed by atoms with Crippen LogP contribution in [0.4, 0.5) is 0 Å². The normalized spacial score (nSPS) is 19.8. The number of esters is 1. The van der Waals surface area contributed by atoms with Gasteiger partial charge in [-0.2, -0.15) is 0 Å². The molecular formula is C28H30BrNO5. The Morgan fingerprint density at radius 3 is 2.57 bits per heavy atom. The van der Waals surface area contributed by atoms with Gasteiger partial charge >= 0.3 is 5.97 Å². The van der Waals surface area contributed by atoms with E-state index in [-0.39, 0.29) is 17.5 Å². The molecule has 2 aliphatic rings. The molecule has 0 saturated heterocycles. The summed E-state index contributed by atoms with van der Waals surface area (Å²) in [4.78, 5) is 26.9. The lowest BCUT2D eigenvalue weighted by Crippen LogP contribution is -2.36. The maximum absolute atomic E-state index is 13.7. The minimum Gasteiger partial charge on any atom is -0.503 e. The molecule has 0 amide bonds. The zero-order chi connectivity index (χ0) is 25.1. The molecule has 2 N–H and O–H groups in total. The molecule has 0 bridgehead atoms. The van der Waals surface area contributed by atoms with Crippen molar-refractivity contribution in [2.75, 3.05) is 13.2 Å². The molecule has 4 rings (SSSR count). The summed E-state index contributed by atoms with van der Waals surface area (Å²) in [5.41, 5.74) is 4.27. The highest BCUT2D eigenvalue weighted by molar-refractivity contribution is 9.10. The van der Waals surface area contributed by atoms with Crippen LogP contribution in [-0.2, 0) is 14.3 Å². The summed E-state index contributed by atoms with van der Waals surface area (Å²) in [6, 6.07) is 13.5. The van der Waals surface area contributed by atoms with E-state index in [0.717, 1.165) is 11.3 Å². The first-order valence-corrected chi connectivity index (χ1v) is 12.8. The number of phenolic OH excluding ortho intramolecular Hbond substituents is 1. The second-order valence-electron chi connectivity index (χ2n) is 8.85. The molecule has 6 nitrogen and oxygen atoms in total. The summed E-state index contributed by atoms with van der Waals surface area (Å²) in [5.74, 6) is -0.754. The minimum absolute atomic E-state index is 0.00643. The Labute approximate surface area is 214 Å². The molecule has 1 aliphatic heterocycles. The molecule has 0 saturated carbocycles. The number of ketones is 1. The number of hydrogen-bond acceptors (Lipinski definition) is 6. The Morgan fingerprint density at radius 1 is 1.14 bits per heavy atom. The van der Waals surface area contributed by atoms with Crippen LogP contribution in [0.25, 0.3) is 0 Å². The predicted octanol–water partition coefficient (Wildman–Crippen LogP) is 5.87. The van der Waals surface area contributed by atoms with Crippen molar-refractivity contribution in [3.05, 3.63) is 80.6 Å². The van der Waals surface area contributed by atoms with E-state index >= 15 is 0 Å². The molecule has 7 heteroatoms. The van der Waals surface area contributed by atoms with E-state index in [1.54, 1.807) is 12.1 Å². The molecule has 0 radical (unpaired) electrons. The van der Waals surface area contributed by atoms with E-state index in [1.807, 2.05) is 51.1 Å². The number of aromatic hydroxyl groups is 1. The monoisotopic (exact) mass is 539 g/mol. The number of Topliss-reactive ketones (excluding diaryl/α,β-unsaturated/α-hetero) is 1. The molecule has 184 valence electrons. The van der Waals surface area contributed by atoms with E-state index in [4.69, 9.17) is 9.47 Å². The summed E-state index contributed by atoms with van der Waals surface area (Å²) in [6.07, 6.45) is 1.71. The number of carbonyl (C=O) groups excluding carboxylic acids is 2. The summed E-state index contributed by atoms with van der Waals surface area (Å²) in [6.45, 7) is 6.26. The summed E-state index contributed by atoms with van der Waals surface area (Å²) < 4.78 is 11.6. The first-order chi connectivity index (χ1) is 16.8. The van der Waals surface area contributed by atoms with Crippen molar-refractivity contribution in [2.45, 2.75) is 51.9 Å². The van der Waals surface area contributed by atoms with Gasteiger partial charge in [0.1, 0.15) is 0 Å². The van der Waals surface area contributed by atoms with Gasteiger partial charge in [-0.05, 0) is 71.8 Å². The lowest BCUT2D eigenvalue weighted by atomic mass is 9.71. The van der Waals surface area contributed by atoms with E-state index in [1.165, 1.54) is 0 Å². The Morgan fingerprint density at radius 2 is 1.89 bits per heavy atom. The van der Waals surface area contributed by atoms with Crippen LogP contribution in [0.15, 0.2) is 69.5 Å². The third-order valence-electron chi connectivity index (χ3n) is 6.44. The van der Waals surface area contributed by atoms with Gasteiger partial charge in [0, 0.05) is 29.3 Å². The quantitative estimate of drug-likeness (QED) is 0.428. The number of hydrogen-bond donors (Lipinski definition) is 2. The Hall–Kier alpha value is -3.06. The molecule has 2 aromatic rings. The standard InChI is InChI=1S/C28H30BrNO5/c1-4-11-35-28(33)24-16(3)30-21-13-18(17-9-7-6-8-10-17)14-22(31)26(21)25(24)19-12-20(29)27(32)23(15-19)34-5-2/h6-10,12,15,18,25,30,32H,4-5,11,13-14H2,1-3H3/t18-,25+/m0/s1. The fraction of sp³-hybridized carbons (Fsp3) is 0.357. The van der Waals surface area contributed by atoms with Gasteiger partial charge in [-0.1, -0.05) is 37.3 Å². The van der Waals surface area contributed by atoms with Gasteiger partial charge in [0.15, 0.2) is 17.3 Å². The second kappa shape index (κ2) is 10.7. The maximum Gasteiger partial charge on any atom is 0.336 e. The lowest BCUT2D eigenvalue weighted by Gasteiger charge is -2.37. The number of benzene rings is 2. The number of nitrogens with one attached hydrogen (secondary N) is 1. The highest BCUT2D eigenvalue weighted by Gasteiger charge is 2.41. The van der Waals surface area contributed by atoms with Gasteiger partial charge in [-0.25, -0.2) is 4.79 Å². The van der Waals surface area contributed by atoms with Crippen LogP contribution in [0.3, 0.4) is 0 Å². The van der Waals surface area contributed by atoms with Crippen molar-refractivity contribution in [1.29, 1.82) is 0 Å². The van der Waals surface area contributed by atoms with E-state index in [2.05, 4.69) is 21.2 Å². The van der Waals surface area contributed by atoms with Crippen molar-refractivity contribution in [3.63, 3.8) is 0 Å². The van der Waals surface area contributed by atoms with Crippen LogP contribution >= 0.6 is 15.9 Å². The molecule has 2 atom stereocenters. The van der Waals surface area contributed by atoms with Gasteiger partial charge < -0.3 is 19.9 Å². The molecule has 0 unspecified atom stereocenters. The van der Waals surface area contributed by atoms with Crippen LogP contribution in [0.5, 0.6) is 11.5 Å². The molecule has 0 aromatic heterocycles. The highest BCUT2D eigenvalue weighted by Crippen LogP contribution is 2.48. The molecule has 2 aromatic carbocycles. The summed E-state index contributed by atoms with van der Waals surface area (Å²) in [7, 11) is 0. The van der Waals surface area contributed by atoms with Gasteiger partial charge in [0.05, 0.1) is 23.3 Å². The lowest BCUT2D eigenvalue weighted by molar-refractivity contribution is -0.139. The van der Waals surface area contributed by atoms with Crippen LogP contribution in [0.2, 0.25) is 0 Å². The predicted molar refractivity (Wildman–Crippen MR) is 137 cm³/mol. The fourth-order valence-corrected chi connectivity index (χ4v) is 5.36. The number of rotatable bonds is 7. The van der Waals surface area contributed by atoms with Gasteiger partial charge in [-0.15, -0.1) is 0 Å². The smallest absolute Gasteiger partial charge is 0.336 e. The maximum atomic E-state index is 13.7. The number of allylic oxidation sites excluding steroid dienone is 3. The molecule has 35 heavy (non-hydrogen) atoms. The minimum atomic E-state index is -0.629. The van der Waals surface area contributed by atoms with Crippen LogP contribution in [0, 0.1) is 0 Å². The molecule has 1 heterocycles. The molecule has 0 fully saturated rings. The van der Waals surface area contributed by atoms with E-state index in [9.17, 15) is 14.7 Å². The first kappa shape index (κ1) is 25.0. The molecular weight excluding hydrogens is 510 g/mol. The Balaban J connectivity index is 1.84. The molecule has 1 aliphatic carbocycles. The molecule has 0 spiro atoms. The van der Waals surface area contributed by atoms with Crippen molar-refractivity contribution < 1.29 is 24.2 Å². The topological polar surface area (TPSA) is 84.9 Å². The first-order valence-electron chi connectivity index (χ1n) is 12.0. The highest BCUT2D eigenvalue weighted by atomic mass is 79.9. The van der Waals surface area contributed by atoms with Gasteiger partial charge in [0.2, 0.25) is 0 Å². The largest absolute Gasteiger partial charge is 0.503 e. The number of ether oxygens (including phenoxy) is 2. The average Bonchev–Trinajstić information content (AvgIpc) is 2.84.